The van der Waals surface area contributed by atoms with Gasteiger partial charge in [0.25, 0.3) is 0 Å². The number of furan rings is 1. The highest BCUT2D eigenvalue weighted by Crippen LogP contribution is 2.50. The molecule has 1 aliphatic carbocycles. The van der Waals surface area contributed by atoms with Crippen molar-refractivity contribution < 1.29 is 4.42 Å². The van der Waals surface area contributed by atoms with Crippen LogP contribution in [-0.4, -0.2) is 0 Å². The van der Waals surface area contributed by atoms with Crippen LogP contribution in [0.5, 0.6) is 0 Å². The van der Waals surface area contributed by atoms with E-state index in [-0.39, 0.29) is 5.41 Å². The number of fused-ring (bicyclic) bond motifs is 8. The van der Waals surface area contributed by atoms with Crippen LogP contribution in [0, 0.1) is 0 Å². The molecule has 11 rings (SSSR count). The molecule has 0 unspecified atom stereocenters. The van der Waals surface area contributed by atoms with E-state index in [0.717, 1.165) is 39.0 Å². The first kappa shape index (κ1) is 31.6. The summed E-state index contributed by atoms with van der Waals surface area (Å²) in [5.74, 6) is 0. The minimum absolute atomic E-state index is 0.0482. The maximum absolute atomic E-state index is 6.18. The Bertz CT molecular complexity index is 3110. The van der Waals surface area contributed by atoms with E-state index >= 15 is 0 Å². The maximum Gasteiger partial charge on any atom is 0.136 e. The molecule has 0 bridgehead atoms. The van der Waals surface area contributed by atoms with Gasteiger partial charge < -0.3 is 9.32 Å². The van der Waals surface area contributed by atoms with Crippen LogP contribution in [0.25, 0.3) is 76.9 Å². The lowest BCUT2D eigenvalue weighted by atomic mass is 9.82. The van der Waals surface area contributed by atoms with E-state index in [0.29, 0.717) is 0 Å². The van der Waals surface area contributed by atoms with Gasteiger partial charge in [-0.3, -0.25) is 0 Å². The van der Waals surface area contributed by atoms with Gasteiger partial charge in [0.1, 0.15) is 11.2 Å². The molecule has 55 heavy (non-hydrogen) atoms. The topological polar surface area (TPSA) is 16.4 Å². The van der Waals surface area contributed by atoms with Crippen LogP contribution in [0.2, 0.25) is 0 Å². The van der Waals surface area contributed by atoms with Gasteiger partial charge in [-0.05, 0) is 127 Å². The minimum atomic E-state index is -0.0482. The van der Waals surface area contributed by atoms with E-state index in [1.807, 2.05) is 12.1 Å². The van der Waals surface area contributed by atoms with Gasteiger partial charge in [0, 0.05) is 33.2 Å². The smallest absolute Gasteiger partial charge is 0.136 e. The lowest BCUT2D eigenvalue weighted by Gasteiger charge is -2.27. The third-order valence-corrected chi connectivity index (χ3v) is 11.8. The van der Waals surface area contributed by atoms with Gasteiger partial charge in [0.15, 0.2) is 0 Å². The first-order valence-corrected chi connectivity index (χ1v) is 19.1. The normalized spacial score (nSPS) is 13.1. The second kappa shape index (κ2) is 12.1. The van der Waals surface area contributed by atoms with Crippen molar-refractivity contribution in [2.24, 2.45) is 0 Å². The molecule has 0 saturated heterocycles. The molecule has 0 spiro atoms. The van der Waals surface area contributed by atoms with Gasteiger partial charge in [-0.25, -0.2) is 0 Å². The third-order valence-electron chi connectivity index (χ3n) is 11.8. The number of hydrogen-bond donors (Lipinski definition) is 0. The summed E-state index contributed by atoms with van der Waals surface area (Å²) in [6.45, 7) is 4.68. The highest BCUT2D eigenvalue weighted by Gasteiger charge is 2.35. The largest absolute Gasteiger partial charge is 0.456 e. The van der Waals surface area contributed by atoms with Crippen molar-refractivity contribution in [3.05, 3.63) is 199 Å². The predicted octanol–water partition coefficient (Wildman–Crippen LogP) is 15.0. The van der Waals surface area contributed by atoms with Crippen LogP contribution in [0.1, 0.15) is 25.0 Å². The fraction of sp³-hybridized carbons (Fsp3) is 0.0566. The third kappa shape index (κ3) is 5.02. The predicted molar refractivity (Wildman–Crippen MR) is 232 cm³/mol. The minimum Gasteiger partial charge on any atom is -0.456 e. The zero-order valence-corrected chi connectivity index (χ0v) is 30.8. The molecular weight excluding hydrogens is 667 g/mol. The Morgan fingerprint density at radius 1 is 0.364 bits per heavy atom. The van der Waals surface area contributed by atoms with Gasteiger partial charge in [0.05, 0.1) is 0 Å². The molecule has 0 fully saturated rings. The van der Waals surface area contributed by atoms with Crippen molar-refractivity contribution in [2.45, 2.75) is 19.3 Å². The number of hydrogen-bond acceptors (Lipinski definition) is 2. The van der Waals surface area contributed by atoms with Gasteiger partial charge in [0.2, 0.25) is 0 Å². The lowest BCUT2D eigenvalue weighted by Crippen LogP contribution is -2.15. The summed E-state index contributed by atoms with van der Waals surface area (Å²) in [6.07, 6.45) is 0. The zero-order chi connectivity index (χ0) is 36.7. The van der Waals surface area contributed by atoms with Gasteiger partial charge in [-0.15, -0.1) is 0 Å². The van der Waals surface area contributed by atoms with E-state index in [1.165, 1.54) is 66.1 Å². The van der Waals surface area contributed by atoms with E-state index in [2.05, 4.69) is 195 Å². The van der Waals surface area contributed by atoms with Crippen LogP contribution in [0.15, 0.2) is 192 Å². The van der Waals surface area contributed by atoms with Crippen molar-refractivity contribution in [3.8, 4) is 33.4 Å². The summed E-state index contributed by atoms with van der Waals surface area (Å²) in [5, 5.41) is 7.19. The first-order valence-electron chi connectivity index (χ1n) is 19.1. The van der Waals surface area contributed by atoms with Crippen LogP contribution in [0.3, 0.4) is 0 Å². The molecule has 1 aromatic heterocycles. The molecule has 9 aromatic carbocycles. The summed E-state index contributed by atoms with van der Waals surface area (Å²) in [6, 6.07) is 68.6. The van der Waals surface area contributed by atoms with Crippen molar-refractivity contribution in [1.82, 2.24) is 0 Å². The lowest BCUT2D eigenvalue weighted by molar-refractivity contribution is 0.660. The second-order valence-electron chi connectivity index (χ2n) is 15.4. The molecule has 2 nitrogen and oxygen atoms in total. The Kier molecular flexibility index (Phi) is 6.93. The van der Waals surface area contributed by atoms with E-state index < -0.39 is 0 Å². The molecule has 0 amide bonds. The summed E-state index contributed by atoms with van der Waals surface area (Å²) >= 11 is 0. The molecule has 0 saturated carbocycles. The summed E-state index contributed by atoms with van der Waals surface area (Å²) < 4.78 is 6.18. The molecular formula is C53H37NO. The fourth-order valence-electron chi connectivity index (χ4n) is 9.01. The number of para-hydroxylation sites is 1. The Labute approximate surface area is 320 Å². The Morgan fingerprint density at radius 2 is 1.00 bits per heavy atom. The number of anilines is 3. The van der Waals surface area contributed by atoms with Crippen molar-refractivity contribution >= 4 is 60.5 Å². The quantitative estimate of drug-likeness (QED) is 0.177. The number of rotatable bonds is 5. The van der Waals surface area contributed by atoms with E-state index in [9.17, 15) is 0 Å². The zero-order valence-electron chi connectivity index (χ0n) is 30.8. The van der Waals surface area contributed by atoms with E-state index in [4.69, 9.17) is 4.42 Å². The Hall–Kier alpha value is -6.90. The van der Waals surface area contributed by atoms with Crippen LogP contribution in [0.4, 0.5) is 17.1 Å². The van der Waals surface area contributed by atoms with Crippen molar-refractivity contribution in [2.75, 3.05) is 4.90 Å². The monoisotopic (exact) mass is 703 g/mol. The number of benzene rings is 9. The van der Waals surface area contributed by atoms with Crippen LogP contribution in [-0.2, 0) is 5.41 Å². The van der Waals surface area contributed by atoms with Crippen molar-refractivity contribution in [1.29, 1.82) is 0 Å². The van der Waals surface area contributed by atoms with Crippen molar-refractivity contribution in [3.63, 3.8) is 0 Å². The molecule has 0 atom stereocenters. The average Bonchev–Trinajstić information content (AvgIpc) is 3.71. The molecule has 0 aliphatic heterocycles. The maximum atomic E-state index is 6.18. The molecule has 1 aliphatic rings. The molecule has 0 radical (unpaired) electrons. The van der Waals surface area contributed by atoms with Crippen LogP contribution >= 0.6 is 0 Å². The SMILES string of the molecule is CC1(C)c2ccccc2-c2cc(N(c3ccc(-c4ccc5cc6oc7ccccc7c6cc5c4)cc3)c3ccc(-c4cccc5ccccc45)cc3)ccc21. The fourth-order valence-corrected chi connectivity index (χ4v) is 9.01. The average molecular weight is 704 g/mol. The molecule has 2 heteroatoms. The Balaban J connectivity index is 1.01. The highest BCUT2D eigenvalue weighted by atomic mass is 16.3. The molecule has 260 valence electrons. The van der Waals surface area contributed by atoms with E-state index in [1.54, 1.807) is 0 Å². The Morgan fingerprint density at radius 3 is 1.84 bits per heavy atom. The van der Waals surface area contributed by atoms with Gasteiger partial charge in [-0.2, -0.15) is 0 Å². The van der Waals surface area contributed by atoms with Gasteiger partial charge >= 0.3 is 0 Å². The molecule has 1 heterocycles. The summed E-state index contributed by atoms with van der Waals surface area (Å²) in [7, 11) is 0. The second-order valence-corrected chi connectivity index (χ2v) is 15.4. The molecule has 0 N–H and O–H groups in total. The van der Waals surface area contributed by atoms with Gasteiger partial charge in [-0.1, -0.05) is 141 Å². The standard InChI is InChI=1S/C53H37NO/c1-53(2)49-16-7-5-13-45(49)47-33-42(28-29-50(47)53)54(41-26-22-36(23-27-41)44-15-9-11-35-10-3-4-12-43(35)44)40-24-20-34(21-25-40)37-18-19-38-32-52-48(31-39(38)30-37)46-14-6-8-17-51(46)55-52/h3-33H,1-2H3. The highest BCUT2D eigenvalue weighted by molar-refractivity contribution is 6.10. The van der Waals surface area contributed by atoms with Crippen LogP contribution < -0.4 is 4.90 Å². The number of nitrogens with zero attached hydrogens (tertiary/aromatic N) is 1. The summed E-state index contributed by atoms with van der Waals surface area (Å²) in [5.41, 5.74) is 15.4. The summed E-state index contributed by atoms with van der Waals surface area (Å²) in [4.78, 5) is 2.39. The molecule has 10 aromatic rings. The first-order chi connectivity index (χ1) is 27.0.